The van der Waals surface area contributed by atoms with Gasteiger partial charge < -0.3 is 14.5 Å². The van der Waals surface area contributed by atoms with Crippen LogP contribution in [0, 0.1) is 0 Å². The number of nitrogens with one attached hydrogen (secondary N) is 1. The van der Waals surface area contributed by atoms with Gasteiger partial charge in [-0.2, -0.15) is 0 Å². The lowest BCUT2D eigenvalue weighted by Gasteiger charge is -2.18. The predicted octanol–water partition coefficient (Wildman–Crippen LogP) is 15.2. The molecule has 12 rings (SSSR count). The molecule has 1 aliphatic carbocycles. The number of anilines is 1. The SMILES string of the molecule is CCn1c2ccccc2c2cc(-c3ccc(-c4ccc5c(c4)-c4ccccc4C5Nc4ccccc4)cc3-c3ccc4c(c3)c3ccccc3n4Cc3ccccc3)ccc21. The van der Waals surface area contributed by atoms with Crippen molar-refractivity contribution >= 4 is 49.3 Å². The Hall–Kier alpha value is -7.62. The molecule has 0 saturated carbocycles. The molecule has 0 bridgehead atoms. The van der Waals surface area contributed by atoms with E-state index in [1.54, 1.807) is 0 Å². The summed E-state index contributed by atoms with van der Waals surface area (Å²) in [5.74, 6) is 0. The Morgan fingerprint density at radius 3 is 1.62 bits per heavy atom. The fourth-order valence-electron chi connectivity index (χ4n) is 10.2. The molecule has 9 aromatic carbocycles. The average Bonchev–Trinajstić information content (AvgIpc) is 3.94. The summed E-state index contributed by atoms with van der Waals surface area (Å²) in [5.41, 5.74) is 20.0. The number of aromatic nitrogens is 2. The Labute approximate surface area is 355 Å². The first-order valence-corrected chi connectivity index (χ1v) is 21.5. The van der Waals surface area contributed by atoms with Gasteiger partial charge in [-0.1, -0.05) is 146 Å². The molecule has 0 aliphatic heterocycles. The van der Waals surface area contributed by atoms with Crippen LogP contribution in [0.3, 0.4) is 0 Å². The first-order chi connectivity index (χ1) is 30.2. The maximum Gasteiger partial charge on any atom is 0.0779 e. The Morgan fingerprint density at radius 1 is 0.377 bits per heavy atom. The van der Waals surface area contributed by atoms with Crippen LogP contribution in [0.25, 0.3) is 88.1 Å². The summed E-state index contributed by atoms with van der Waals surface area (Å²) in [6.07, 6.45) is 0. The van der Waals surface area contributed by atoms with Gasteiger partial charge in [0.2, 0.25) is 0 Å². The molecule has 3 heteroatoms. The summed E-state index contributed by atoms with van der Waals surface area (Å²) in [4.78, 5) is 0. The highest BCUT2D eigenvalue weighted by Gasteiger charge is 2.29. The van der Waals surface area contributed by atoms with Crippen molar-refractivity contribution in [1.82, 2.24) is 9.13 Å². The zero-order chi connectivity index (χ0) is 40.4. The molecule has 2 aromatic heterocycles. The van der Waals surface area contributed by atoms with E-state index in [0.29, 0.717) is 0 Å². The molecule has 61 heavy (non-hydrogen) atoms. The minimum Gasteiger partial charge on any atom is -0.374 e. The first kappa shape index (κ1) is 35.3. The van der Waals surface area contributed by atoms with E-state index >= 15 is 0 Å². The highest BCUT2D eigenvalue weighted by Crippen LogP contribution is 2.47. The molecule has 290 valence electrons. The molecule has 3 nitrogen and oxygen atoms in total. The van der Waals surface area contributed by atoms with E-state index in [1.165, 1.54) is 105 Å². The molecular weight excluding hydrogens is 739 g/mol. The van der Waals surface area contributed by atoms with E-state index in [4.69, 9.17) is 0 Å². The van der Waals surface area contributed by atoms with Crippen molar-refractivity contribution in [3.63, 3.8) is 0 Å². The summed E-state index contributed by atoms with van der Waals surface area (Å²) in [7, 11) is 0. The van der Waals surface area contributed by atoms with Crippen LogP contribution in [0.2, 0.25) is 0 Å². The molecule has 1 aliphatic rings. The maximum absolute atomic E-state index is 3.84. The van der Waals surface area contributed by atoms with E-state index in [0.717, 1.165) is 18.8 Å². The number of rotatable bonds is 8. The fourth-order valence-corrected chi connectivity index (χ4v) is 10.2. The zero-order valence-corrected chi connectivity index (χ0v) is 34.0. The second-order valence-corrected chi connectivity index (χ2v) is 16.4. The van der Waals surface area contributed by atoms with Crippen LogP contribution < -0.4 is 5.32 Å². The van der Waals surface area contributed by atoms with Gasteiger partial charge in [0.25, 0.3) is 0 Å². The number of para-hydroxylation sites is 3. The maximum atomic E-state index is 3.84. The molecule has 0 saturated heterocycles. The summed E-state index contributed by atoms with van der Waals surface area (Å²) >= 11 is 0. The molecule has 0 spiro atoms. The van der Waals surface area contributed by atoms with Crippen LogP contribution in [0.4, 0.5) is 5.69 Å². The van der Waals surface area contributed by atoms with E-state index in [-0.39, 0.29) is 6.04 Å². The fraction of sp³-hybridized carbons (Fsp3) is 0.0690. The molecule has 0 amide bonds. The van der Waals surface area contributed by atoms with Gasteiger partial charge in [0.05, 0.1) is 6.04 Å². The lowest BCUT2D eigenvalue weighted by Crippen LogP contribution is -2.09. The number of benzene rings is 9. The van der Waals surface area contributed by atoms with Crippen LogP contribution in [0.5, 0.6) is 0 Å². The summed E-state index contributed by atoms with van der Waals surface area (Å²) < 4.78 is 4.91. The minimum absolute atomic E-state index is 0.0879. The van der Waals surface area contributed by atoms with Gasteiger partial charge >= 0.3 is 0 Å². The lowest BCUT2D eigenvalue weighted by atomic mass is 9.89. The third kappa shape index (κ3) is 5.80. The smallest absolute Gasteiger partial charge is 0.0779 e. The molecule has 1 atom stereocenters. The van der Waals surface area contributed by atoms with Crippen molar-refractivity contribution in [3.8, 4) is 44.5 Å². The Bertz CT molecular complexity index is 3460. The second-order valence-electron chi connectivity index (χ2n) is 16.4. The van der Waals surface area contributed by atoms with Crippen molar-refractivity contribution in [2.75, 3.05) is 5.32 Å². The third-order valence-electron chi connectivity index (χ3n) is 13.0. The quantitative estimate of drug-likeness (QED) is 0.163. The molecule has 2 heterocycles. The minimum atomic E-state index is 0.0879. The molecular formula is C58H43N3. The number of aryl methyl sites for hydroxylation is 1. The highest BCUT2D eigenvalue weighted by atomic mass is 15.0. The van der Waals surface area contributed by atoms with Gasteiger partial charge in [0.15, 0.2) is 0 Å². The van der Waals surface area contributed by atoms with Gasteiger partial charge in [-0.3, -0.25) is 0 Å². The largest absolute Gasteiger partial charge is 0.374 e. The molecule has 0 fully saturated rings. The Morgan fingerprint density at radius 2 is 0.902 bits per heavy atom. The molecule has 0 radical (unpaired) electrons. The summed E-state index contributed by atoms with van der Waals surface area (Å²) in [6.45, 7) is 3.98. The Balaban J connectivity index is 1.04. The van der Waals surface area contributed by atoms with Crippen LogP contribution >= 0.6 is 0 Å². The molecule has 11 aromatic rings. The van der Waals surface area contributed by atoms with Crippen LogP contribution in [-0.2, 0) is 13.1 Å². The van der Waals surface area contributed by atoms with E-state index in [9.17, 15) is 0 Å². The van der Waals surface area contributed by atoms with Gasteiger partial charge in [0.1, 0.15) is 0 Å². The monoisotopic (exact) mass is 781 g/mol. The lowest BCUT2D eigenvalue weighted by molar-refractivity contribution is 0.827. The number of nitrogens with zero attached hydrogens (tertiary/aromatic N) is 2. The number of fused-ring (bicyclic) bond motifs is 9. The zero-order valence-electron chi connectivity index (χ0n) is 34.0. The molecule has 1 unspecified atom stereocenters. The topological polar surface area (TPSA) is 21.9 Å². The number of hydrogen-bond donors (Lipinski definition) is 1. The number of hydrogen-bond acceptors (Lipinski definition) is 1. The third-order valence-corrected chi connectivity index (χ3v) is 13.0. The van der Waals surface area contributed by atoms with Gasteiger partial charge in [-0.15, -0.1) is 0 Å². The van der Waals surface area contributed by atoms with Crippen molar-refractivity contribution in [2.24, 2.45) is 0 Å². The second kappa shape index (κ2) is 14.3. The van der Waals surface area contributed by atoms with E-state index in [1.807, 2.05) is 0 Å². The van der Waals surface area contributed by atoms with Crippen molar-refractivity contribution < 1.29 is 0 Å². The van der Waals surface area contributed by atoms with Crippen molar-refractivity contribution in [3.05, 3.63) is 223 Å². The van der Waals surface area contributed by atoms with Gasteiger partial charge in [-0.25, -0.2) is 0 Å². The standard InChI is InChI=1S/C58H43N3/c1-2-60-54-23-13-11-20-46(54)52-35-41(27-31-56(52)60)44-29-25-39(40-26-30-49-51(34-40)45-19-9-10-22-48(45)58(49)59-43-17-7-4-8-18-43)33-50(44)42-28-32-57-53(36-42)47-21-12-14-24-55(47)61(57)37-38-15-5-3-6-16-38/h3-36,58-59H,2,37H2,1H3. The van der Waals surface area contributed by atoms with E-state index in [2.05, 4.69) is 228 Å². The Kier molecular flexibility index (Phi) is 8.28. The van der Waals surface area contributed by atoms with Crippen molar-refractivity contribution in [1.29, 1.82) is 0 Å². The normalized spacial score (nSPS) is 13.3. The van der Waals surface area contributed by atoms with Crippen LogP contribution in [-0.4, -0.2) is 9.13 Å². The first-order valence-electron chi connectivity index (χ1n) is 21.5. The average molecular weight is 782 g/mol. The van der Waals surface area contributed by atoms with Gasteiger partial charge in [0, 0.05) is 62.4 Å². The molecule has 1 N–H and O–H groups in total. The van der Waals surface area contributed by atoms with Gasteiger partial charge in [-0.05, 0) is 129 Å². The highest BCUT2D eigenvalue weighted by molar-refractivity contribution is 6.11. The van der Waals surface area contributed by atoms with Crippen molar-refractivity contribution in [2.45, 2.75) is 26.1 Å². The van der Waals surface area contributed by atoms with Crippen LogP contribution in [0.15, 0.2) is 206 Å². The van der Waals surface area contributed by atoms with E-state index < -0.39 is 0 Å². The van der Waals surface area contributed by atoms with Crippen LogP contribution in [0.1, 0.15) is 29.7 Å². The predicted molar refractivity (Wildman–Crippen MR) is 257 cm³/mol. The summed E-state index contributed by atoms with van der Waals surface area (Å²) in [5, 5.41) is 8.97. The summed E-state index contributed by atoms with van der Waals surface area (Å²) in [6, 6.07) is 76.3.